The number of likely N-dealkylation sites (N-methyl/N-ethyl adjacent to an activating group) is 1. The van der Waals surface area contributed by atoms with Crippen molar-refractivity contribution in [2.75, 3.05) is 27.3 Å². The van der Waals surface area contributed by atoms with Crippen LogP contribution in [0.1, 0.15) is 36.0 Å². The van der Waals surface area contributed by atoms with E-state index in [-0.39, 0.29) is 12.5 Å². The molecule has 0 radical (unpaired) electrons. The van der Waals surface area contributed by atoms with Gasteiger partial charge in [-0.2, -0.15) is 0 Å². The molecule has 1 aromatic carbocycles. The highest BCUT2D eigenvalue weighted by Gasteiger charge is 2.18. The Labute approximate surface area is 137 Å². The minimum Gasteiger partial charge on any atom is -0.496 e. The second-order valence-corrected chi connectivity index (χ2v) is 5.87. The van der Waals surface area contributed by atoms with Crippen LogP contribution in [0, 0.1) is 0 Å². The van der Waals surface area contributed by atoms with Crippen molar-refractivity contribution in [3.63, 3.8) is 0 Å². The van der Waals surface area contributed by atoms with E-state index in [4.69, 9.17) is 4.74 Å². The summed E-state index contributed by atoms with van der Waals surface area (Å²) >= 11 is 0. The zero-order chi connectivity index (χ0) is 16.7. The van der Waals surface area contributed by atoms with Crippen molar-refractivity contribution >= 4 is 12.4 Å². The van der Waals surface area contributed by atoms with Gasteiger partial charge in [0, 0.05) is 13.5 Å². The number of ether oxygens (including phenoxy) is 2. The van der Waals surface area contributed by atoms with Crippen molar-refractivity contribution < 1.29 is 19.1 Å². The first-order valence-corrected chi connectivity index (χ1v) is 8.14. The standard InChI is InChI=1S/C18H25NO4/c1-19(11-12-23-13-20)18(21)10-8-14-7-9-17(22-2)16-6-4-3-5-15(14)16/h7,9,13H,3-6,8,10-12H2,1-2H3. The Kier molecular flexibility index (Phi) is 6.44. The number of fused-ring (bicyclic) bond motifs is 1. The molecule has 0 bridgehead atoms. The molecule has 0 aliphatic heterocycles. The van der Waals surface area contributed by atoms with Crippen molar-refractivity contribution in [2.45, 2.75) is 38.5 Å². The van der Waals surface area contributed by atoms with Crippen molar-refractivity contribution in [3.8, 4) is 5.75 Å². The van der Waals surface area contributed by atoms with Crippen LogP contribution in [0.4, 0.5) is 0 Å². The number of aryl methyl sites for hydroxylation is 1. The average molecular weight is 319 g/mol. The molecule has 1 amide bonds. The lowest BCUT2D eigenvalue weighted by atomic mass is 9.86. The predicted octanol–water partition coefficient (Wildman–Crippen LogP) is 2.14. The molecule has 0 fully saturated rings. The summed E-state index contributed by atoms with van der Waals surface area (Å²) in [5, 5.41) is 0. The number of methoxy groups -OCH3 is 1. The van der Waals surface area contributed by atoms with Gasteiger partial charge in [0.1, 0.15) is 12.4 Å². The molecule has 0 spiro atoms. The SMILES string of the molecule is COc1ccc(CCC(=O)N(C)CCOC=O)c2c1CCCC2. The van der Waals surface area contributed by atoms with Crippen LogP contribution in [0.2, 0.25) is 0 Å². The number of carbonyl (C=O) groups is 2. The fraction of sp³-hybridized carbons (Fsp3) is 0.556. The predicted molar refractivity (Wildman–Crippen MR) is 87.6 cm³/mol. The van der Waals surface area contributed by atoms with Crippen molar-refractivity contribution in [3.05, 3.63) is 28.8 Å². The van der Waals surface area contributed by atoms with Gasteiger partial charge in [-0.05, 0) is 54.9 Å². The van der Waals surface area contributed by atoms with Gasteiger partial charge in [0.25, 0.3) is 6.47 Å². The van der Waals surface area contributed by atoms with E-state index in [0.29, 0.717) is 19.4 Å². The van der Waals surface area contributed by atoms with E-state index in [1.807, 2.05) is 6.07 Å². The van der Waals surface area contributed by atoms with Crippen LogP contribution in [-0.2, 0) is 33.6 Å². The smallest absolute Gasteiger partial charge is 0.293 e. The van der Waals surface area contributed by atoms with Crippen LogP contribution >= 0.6 is 0 Å². The van der Waals surface area contributed by atoms with E-state index in [0.717, 1.165) is 25.0 Å². The van der Waals surface area contributed by atoms with Crippen LogP contribution in [0.15, 0.2) is 12.1 Å². The number of nitrogens with zero attached hydrogens (tertiary/aromatic N) is 1. The van der Waals surface area contributed by atoms with E-state index >= 15 is 0 Å². The van der Waals surface area contributed by atoms with Crippen LogP contribution < -0.4 is 4.74 Å². The molecule has 126 valence electrons. The first-order chi connectivity index (χ1) is 11.2. The molecule has 0 saturated carbocycles. The molecule has 0 unspecified atom stereocenters. The summed E-state index contributed by atoms with van der Waals surface area (Å²) in [4.78, 5) is 23.9. The summed E-state index contributed by atoms with van der Waals surface area (Å²) in [5.74, 6) is 1.04. The number of benzene rings is 1. The Balaban J connectivity index is 1.98. The number of rotatable bonds is 8. The highest BCUT2D eigenvalue weighted by atomic mass is 16.5. The first kappa shape index (κ1) is 17.3. The summed E-state index contributed by atoms with van der Waals surface area (Å²) in [7, 11) is 3.45. The third kappa shape index (κ3) is 4.47. The van der Waals surface area contributed by atoms with Gasteiger partial charge >= 0.3 is 0 Å². The lowest BCUT2D eigenvalue weighted by Crippen LogP contribution is -2.30. The minimum absolute atomic E-state index is 0.0693. The number of carbonyl (C=O) groups excluding carboxylic acids is 2. The van der Waals surface area contributed by atoms with E-state index in [9.17, 15) is 9.59 Å². The molecule has 0 aromatic heterocycles. The van der Waals surface area contributed by atoms with Crippen LogP contribution in [0.3, 0.4) is 0 Å². The normalized spacial score (nSPS) is 13.1. The average Bonchev–Trinajstić information content (AvgIpc) is 2.59. The molecule has 5 nitrogen and oxygen atoms in total. The zero-order valence-corrected chi connectivity index (χ0v) is 14.0. The Morgan fingerprint density at radius 1 is 1.26 bits per heavy atom. The van der Waals surface area contributed by atoms with Crippen LogP contribution in [0.5, 0.6) is 5.75 Å². The molecule has 1 aliphatic rings. The monoisotopic (exact) mass is 319 g/mol. The van der Waals surface area contributed by atoms with E-state index in [1.54, 1.807) is 19.1 Å². The largest absolute Gasteiger partial charge is 0.496 e. The number of hydrogen-bond acceptors (Lipinski definition) is 4. The van der Waals surface area contributed by atoms with Gasteiger partial charge in [0.2, 0.25) is 5.91 Å². The van der Waals surface area contributed by atoms with E-state index in [1.165, 1.54) is 29.5 Å². The Morgan fingerprint density at radius 2 is 2.00 bits per heavy atom. The third-order valence-electron chi connectivity index (χ3n) is 4.46. The first-order valence-electron chi connectivity index (χ1n) is 8.14. The topological polar surface area (TPSA) is 55.8 Å². The summed E-state index contributed by atoms with van der Waals surface area (Å²) in [6.45, 7) is 1.07. The molecule has 23 heavy (non-hydrogen) atoms. The number of hydrogen-bond donors (Lipinski definition) is 0. The third-order valence-corrected chi connectivity index (χ3v) is 4.46. The Morgan fingerprint density at radius 3 is 2.70 bits per heavy atom. The van der Waals surface area contributed by atoms with Crippen LogP contribution in [-0.4, -0.2) is 44.6 Å². The molecular formula is C18H25NO4. The molecule has 0 atom stereocenters. The highest BCUT2D eigenvalue weighted by molar-refractivity contribution is 5.76. The van der Waals surface area contributed by atoms with E-state index in [2.05, 4.69) is 10.8 Å². The molecule has 0 N–H and O–H groups in total. The van der Waals surface area contributed by atoms with Crippen molar-refractivity contribution in [1.82, 2.24) is 4.90 Å². The second-order valence-electron chi connectivity index (χ2n) is 5.87. The van der Waals surface area contributed by atoms with Gasteiger partial charge < -0.3 is 14.4 Å². The van der Waals surface area contributed by atoms with Crippen molar-refractivity contribution in [2.24, 2.45) is 0 Å². The van der Waals surface area contributed by atoms with Gasteiger partial charge in [-0.1, -0.05) is 6.07 Å². The molecular weight excluding hydrogens is 294 g/mol. The van der Waals surface area contributed by atoms with Gasteiger partial charge in [-0.15, -0.1) is 0 Å². The minimum atomic E-state index is 0.0693. The molecule has 1 aliphatic carbocycles. The van der Waals surface area contributed by atoms with E-state index < -0.39 is 0 Å². The fourth-order valence-corrected chi connectivity index (χ4v) is 3.13. The van der Waals surface area contributed by atoms with Gasteiger partial charge in [0.15, 0.2) is 0 Å². The number of amides is 1. The van der Waals surface area contributed by atoms with Gasteiger partial charge in [-0.3, -0.25) is 9.59 Å². The zero-order valence-electron chi connectivity index (χ0n) is 14.0. The maximum atomic E-state index is 12.2. The summed E-state index contributed by atoms with van der Waals surface area (Å²) < 4.78 is 10.1. The summed E-state index contributed by atoms with van der Waals surface area (Å²) in [6, 6.07) is 4.11. The van der Waals surface area contributed by atoms with Crippen molar-refractivity contribution in [1.29, 1.82) is 0 Å². The quantitative estimate of drug-likeness (QED) is 0.544. The Bertz CT molecular complexity index is 556. The highest BCUT2D eigenvalue weighted by Crippen LogP contribution is 2.32. The Hall–Kier alpha value is -2.04. The lowest BCUT2D eigenvalue weighted by molar-refractivity contribution is -0.134. The molecule has 2 rings (SSSR count). The summed E-state index contributed by atoms with van der Waals surface area (Å²) in [5.41, 5.74) is 3.94. The lowest BCUT2D eigenvalue weighted by Gasteiger charge is -2.22. The second kappa shape index (κ2) is 8.56. The fourth-order valence-electron chi connectivity index (χ4n) is 3.13. The van der Waals surface area contributed by atoms with Gasteiger partial charge in [0.05, 0.1) is 13.7 Å². The molecule has 0 saturated heterocycles. The maximum Gasteiger partial charge on any atom is 0.293 e. The summed E-state index contributed by atoms with van der Waals surface area (Å²) in [6.07, 6.45) is 5.73. The molecule has 0 heterocycles. The maximum absolute atomic E-state index is 12.2. The molecule has 5 heteroatoms. The van der Waals surface area contributed by atoms with Gasteiger partial charge in [-0.25, -0.2) is 0 Å². The molecule has 1 aromatic rings. The van der Waals surface area contributed by atoms with Crippen LogP contribution in [0.25, 0.3) is 0 Å².